The zero-order valence-corrected chi connectivity index (χ0v) is 16.7. The molecule has 0 saturated carbocycles. The third kappa shape index (κ3) is 3.59. The Morgan fingerprint density at radius 3 is 2.31 bits per heavy atom. The molecule has 0 aromatic heterocycles. The molecule has 2 fully saturated rings. The van der Waals surface area contributed by atoms with Crippen molar-refractivity contribution in [3.8, 4) is 5.75 Å². The standard InChI is InChI=1S/C21H21ClF2N2O3/c1-29-19-10-18(16(24)9-14(19)20(27)28)26-11-21(12-26)4-6-25(7-5-21)17-3-2-13(22)8-15(17)23/h2-3,8-10H,4-7,11-12H2,1H3,(H,27,28). The van der Waals surface area contributed by atoms with Gasteiger partial charge in [-0.1, -0.05) is 11.6 Å². The lowest BCUT2D eigenvalue weighted by Crippen LogP contribution is -2.60. The molecule has 0 unspecified atom stereocenters. The molecule has 0 amide bonds. The molecular formula is C21H21ClF2N2O3. The number of hydrogen-bond donors (Lipinski definition) is 1. The van der Waals surface area contributed by atoms with Crippen molar-refractivity contribution >= 4 is 28.9 Å². The van der Waals surface area contributed by atoms with Crippen molar-refractivity contribution in [2.45, 2.75) is 12.8 Å². The lowest BCUT2D eigenvalue weighted by molar-refractivity contribution is 0.0692. The summed E-state index contributed by atoms with van der Waals surface area (Å²) >= 11 is 5.83. The highest BCUT2D eigenvalue weighted by Gasteiger charge is 2.46. The minimum Gasteiger partial charge on any atom is -0.496 e. The molecule has 0 bridgehead atoms. The summed E-state index contributed by atoms with van der Waals surface area (Å²) in [5.74, 6) is -1.98. The lowest BCUT2D eigenvalue weighted by atomic mass is 9.71. The van der Waals surface area contributed by atoms with Crippen LogP contribution in [0.5, 0.6) is 5.75 Å². The highest BCUT2D eigenvalue weighted by atomic mass is 35.5. The Morgan fingerprint density at radius 1 is 1.07 bits per heavy atom. The van der Waals surface area contributed by atoms with Crippen LogP contribution in [0.2, 0.25) is 5.02 Å². The fourth-order valence-corrected chi connectivity index (χ4v) is 4.49. The molecule has 4 rings (SSSR count). The first-order valence-electron chi connectivity index (χ1n) is 9.38. The molecule has 5 nitrogen and oxygen atoms in total. The van der Waals surface area contributed by atoms with E-state index in [2.05, 4.69) is 0 Å². The van der Waals surface area contributed by atoms with E-state index < -0.39 is 11.8 Å². The Labute approximate surface area is 172 Å². The number of rotatable bonds is 4. The van der Waals surface area contributed by atoms with Crippen LogP contribution in [0.1, 0.15) is 23.2 Å². The van der Waals surface area contributed by atoms with Gasteiger partial charge in [-0.2, -0.15) is 0 Å². The molecule has 0 atom stereocenters. The summed E-state index contributed by atoms with van der Waals surface area (Å²) in [6.45, 7) is 2.79. The molecule has 2 aromatic rings. The average Bonchev–Trinajstić information content (AvgIpc) is 2.66. The van der Waals surface area contributed by atoms with Crippen LogP contribution in [0.4, 0.5) is 20.2 Å². The van der Waals surface area contributed by atoms with Crippen LogP contribution in [0.3, 0.4) is 0 Å². The molecule has 2 aliphatic heterocycles. The van der Waals surface area contributed by atoms with Crippen LogP contribution in [0.25, 0.3) is 0 Å². The first-order chi connectivity index (χ1) is 13.8. The number of nitrogens with zero attached hydrogens (tertiary/aromatic N) is 2. The van der Waals surface area contributed by atoms with E-state index in [-0.39, 0.29) is 22.5 Å². The van der Waals surface area contributed by atoms with Gasteiger partial charge in [0.2, 0.25) is 0 Å². The van der Waals surface area contributed by atoms with E-state index in [1.165, 1.54) is 19.2 Å². The van der Waals surface area contributed by atoms with Crippen molar-refractivity contribution in [3.63, 3.8) is 0 Å². The van der Waals surface area contributed by atoms with E-state index in [4.69, 9.17) is 16.3 Å². The van der Waals surface area contributed by atoms with Gasteiger partial charge in [0.1, 0.15) is 22.9 Å². The topological polar surface area (TPSA) is 53.0 Å². The zero-order chi connectivity index (χ0) is 20.8. The van der Waals surface area contributed by atoms with E-state index in [0.717, 1.165) is 32.0 Å². The normalized spacial score (nSPS) is 17.9. The number of carboxylic acid groups (broad SMARTS) is 1. The molecule has 2 aliphatic rings. The summed E-state index contributed by atoms with van der Waals surface area (Å²) < 4.78 is 33.8. The average molecular weight is 423 g/mol. The van der Waals surface area contributed by atoms with E-state index in [1.807, 2.05) is 9.80 Å². The Hall–Kier alpha value is -2.54. The number of halogens is 3. The molecule has 2 saturated heterocycles. The second-order valence-electron chi connectivity index (χ2n) is 7.75. The minimum atomic E-state index is -1.23. The Bertz CT molecular complexity index is 953. The Kier molecular flexibility index (Phi) is 5.02. The van der Waals surface area contributed by atoms with Crippen LogP contribution in [-0.2, 0) is 0 Å². The van der Waals surface area contributed by atoms with E-state index in [9.17, 15) is 18.7 Å². The molecule has 0 radical (unpaired) electrons. The van der Waals surface area contributed by atoms with Gasteiger partial charge in [0.05, 0.1) is 18.5 Å². The summed E-state index contributed by atoms with van der Waals surface area (Å²) in [5.41, 5.74) is 0.774. The summed E-state index contributed by atoms with van der Waals surface area (Å²) in [6, 6.07) is 7.17. The number of anilines is 2. The first kappa shape index (κ1) is 19.8. The van der Waals surface area contributed by atoms with E-state index in [1.54, 1.807) is 12.1 Å². The van der Waals surface area contributed by atoms with Crippen LogP contribution in [-0.4, -0.2) is 44.4 Å². The molecule has 8 heteroatoms. The number of carbonyl (C=O) groups is 1. The fourth-order valence-electron chi connectivity index (χ4n) is 4.33. The van der Waals surface area contributed by atoms with E-state index >= 15 is 0 Å². The van der Waals surface area contributed by atoms with Crippen molar-refractivity contribution in [1.29, 1.82) is 0 Å². The third-order valence-electron chi connectivity index (χ3n) is 5.97. The van der Waals surface area contributed by atoms with Crippen LogP contribution in [0.15, 0.2) is 30.3 Å². The Balaban J connectivity index is 1.43. The van der Waals surface area contributed by atoms with Gasteiger partial charge in [-0.05, 0) is 37.1 Å². The predicted molar refractivity (Wildman–Crippen MR) is 107 cm³/mol. The quantitative estimate of drug-likeness (QED) is 0.789. The van der Waals surface area contributed by atoms with Crippen molar-refractivity contribution in [1.82, 2.24) is 0 Å². The van der Waals surface area contributed by atoms with Crippen LogP contribution >= 0.6 is 11.6 Å². The Morgan fingerprint density at radius 2 is 1.72 bits per heavy atom. The molecule has 1 spiro atoms. The second kappa shape index (κ2) is 7.37. The predicted octanol–water partition coefficient (Wildman–Crippen LogP) is 4.43. The third-order valence-corrected chi connectivity index (χ3v) is 6.20. The van der Waals surface area contributed by atoms with Gasteiger partial charge >= 0.3 is 5.97 Å². The van der Waals surface area contributed by atoms with Gasteiger partial charge in [-0.15, -0.1) is 0 Å². The van der Waals surface area contributed by atoms with Gasteiger partial charge in [0.25, 0.3) is 0 Å². The summed E-state index contributed by atoms with van der Waals surface area (Å²) in [6.07, 6.45) is 1.75. The highest BCUT2D eigenvalue weighted by Crippen LogP contribution is 2.45. The maximum absolute atomic E-state index is 14.5. The number of piperidine rings is 1. The molecule has 1 N–H and O–H groups in total. The molecule has 2 aromatic carbocycles. The lowest BCUT2D eigenvalue weighted by Gasteiger charge is -2.55. The number of ether oxygens (including phenoxy) is 1. The van der Waals surface area contributed by atoms with Gasteiger partial charge < -0.3 is 19.6 Å². The van der Waals surface area contributed by atoms with Crippen LogP contribution < -0.4 is 14.5 Å². The van der Waals surface area contributed by atoms with Crippen LogP contribution in [0, 0.1) is 17.0 Å². The van der Waals surface area contributed by atoms with Gasteiger partial charge in [0, 0.05) is 42.7 Å². The zero-order valence-electron chi connectivity index (χ0n) is 15.9. The smallest absolute Gasteiger partial charge is 0.339 e. The van der Waals surface area contributed by atoms with Gasteiger partial charge in [0.15, 0.2) is 0 Å². The summed E-state index contributed by atoms with van der Waals surface area (Å²) in [7, 11) is 1.37. The van der Waals surface area contributed by atoms with Crippen molar-refractivity contribution in [2.24, 2.45) is 5.41 Å². The summed E-state index contributed by atoms with van der Waals surface area (Å²) in [4.78, 5) is 15.2. The molecule has 154 valence electrons. The molecule has 2 heterocycles. The maximum atomic E-state index is 14.5. The molecule has 0 aliphatic carbocycles. The van der Waals surface area contributed by atoms with Crippen molar-refractivity contribution < 1.29 is 23.4 Å². The highest BCUT2D eigenvalue weighted by molar-refractivity contribution is 6.30. The van der Waals surface area contributed by atoms with Crippen molar-refractivity contribution in [2.75, 3.05) is 43.1 Å². The SMILES string of the molecule is COc1cc(N2CC3(CCN(c4ccc(Cl)cc4F)CC3)C2)c(F)cc1C(=O)O. The first-order valence-corrected chi connectivity index (χ1v) is 9.75. The second-order valence-corrected chi connectivity index (χ2v) is 8.18. The van der Waals surface area contributed by atoms with Crippen molar-refractivity contribution in [3.05, 3.63) is 52.6 Å². The largest absolute Gasteiger partial charge is 0.496 e. The number of carboxylic acids is 1. The van der Waals surface area contributed by atoms with E-state index in [0.29, 0.717) is 29.5 Å². The number of aromatic carboxylic acids is 1. The fraction of sp³-hybridized carbons (Fsp3) is 0.381. The number of hydrogen-bond acceptors (Lipinski definition) is 4. The number of benzene rings is 2. The monoisotopic (exact) mass is 422 g/mol. The summed E-state index contributed by atoms with van der Waals surface area (Å²) in [5, 5.41) is 9.55. The minimum absolute atomic E-state index is 0.0601. The molecule has 29 heavy (non-hydrogen) atoms. The maximum Gasteiger partial charge on any atom is 0.339 e. The molecular weight excluding hydrogens is 402 g/mol. The van der Waals surface area contributed by atoms with Gasteiger partial charge in [-0.3, -0.25) is 0 Å². The van der Waals surface area contributed by atoms with Gasteiger partial charge in [-0.25, -0.2) is 13.6 Å². The number of methoxy groups -OCH3 is 1.